The van der Waals surface area contributed by atoms with E-state index in [4.69, 9.17) is 13.9 Å². The van der Waals surface area contributed by atoms with Gasteiger partial charge in [0.1, 0.15) is 17.1 Å². The van der Waals surface area contributed by atoms with E-state index in [1.165, 1.54) is 6.92 Å². The summed E-state index contributed by atoms with van der Waals surface area (Å²) in [6.45, 7) is 7.87. The molecule has 0 aliphatic carbocycles. The minimum absolute atomic E-state index is 0.0143. The van der Waals surface area contributed by atoms with Crippen LogP contribution in [0.5, 0.6) is 5.75 Å². The molecular formula is C29H35NO6. The maximum atomic E-state index is 13.4. The maximum Gasteiger partial charge on any atom is 0.303 e. The second-order valence-electron chi connectivity index (χ2n) is 9.02. The summed E-state index contributed by atoms with van der Waals surface area (Å²) in [5.41, 5.74) is 1.95. The molecule has 0 saturated heterocycles. The van der Waals surface area contributed by atoms with Crippen molar-refractivity contribution in [2.24, 2.45) is 0 Å². The number of amides is 1. The molecule has 0 spiro atoms. The number of para-hydroxylation sites is 1. The molecule has 1 heterocycles. The molecule has 0 unspecified atom stereocenters. The lowest BCUT2D eigenvalue weighted by atomic mass is 9.98. The molecule has 0 bridgehead atoms. The molecule has 192 valence electrons. The van der Waals surface area contributed by atoms with Crippen LogP contribution in [0, 0.1) is 0 Å². The van der Waals surface area contributed by atoms with Gasteiger partial charge in [-0.05, 0) is 57.0 Å². The minimum Gasteiger partial charge on any atom is -0.494 e. The number of esters is 1. The van der Waals surface area contributed by atoms with Gasteiger partial charge in [0.25, 0.3) is 5.91 Å². The zero-order chi connectivity index (χ0) is 26.1. The standard InChI is InChI=1S/C29H35NO6/c1-5-6-11-26-28(24-10-7-8-12-25(24)36-26)29(33)22-13-15-23(16-14-22)34-18-9-17-30(20(2)3)27(32)19-35-21(4)31/h7-8,10,12-16,20H,5-6,9,11,17-19H2,1-4H3. The van der Waals surface area contributed by atoms with E-state index >= 15 is 0 Å². The SMILES string of the molecule is CCCCc1oc2ccccc2c1C(=O)c1ccc(OCCCN(C(=O)COC(C)=O)C(C)C)cc1. The number of furan rings is 1. The van der Waals surface area contributed by atoms with E-state index in [1.807, 2.05) is 38.1 Å². The molecule has 0 fully saturated rings. The lowest BCUT2D eigenvalue weighted by Crippen LogP contribution is -2.40. The van der Waals surface area contributed by atoms with Gasteiger partial charge in [0, 0.05) is 36.9 Å². The summed E-state index contributed by atoms with van der Waals surface area (Å²) in [7, 11) is 0. The third kappa shape index (κ3) is 6.97. The van der Waals surface area contributed by atoms with Crippen molar-refractivity contribution in [3.63, 3.8) is 0 Å². The quantitative estimate of drug-likeness (QED) is 0.176. The molecule has 2 aromatic carbocycles. The van der Waals surface area contributed by atoms with Crippen LogP contribution in [-0.2, 0) is 20.7 Å². The first-order chi connectivity index (χ1) is 17.3. The number of rotatable bonds is 13. The van der Waals surface area contributed by atoms with E-state index in [2.05, 4.69) is 6.92 Å². The Morgan fingerprint density at radius 1 is 1.00 bits per heavy atom. The number of fused-ring (bicyclic) bond motifs is 1. The van der Waals surface area contributed by atoms with Gasteiger partial charge in [-0.2, -0.15) is 0 Å². The zero-order valence-corrected chi connectivity index (χ0v) is 21.5. The fraction of sp³-hybridized carbons (Fsp3) is 0.414. The zero-order valence-electron chi connectivity index (χ0n) is 21.5. The number of hydrogen-bond acceptors (Lipinski definition) is 6. The summed E-state index contributed by atoms with van der Waals surface area (Å²) in [5, 5.41) is 0.840. The van der Waals surface area contributed by atoms with Crippen LogP contribution in [-0.4, -0.2) is 48.4 Å². The molecule has 7 nitrogen and oxygen atoms in total. The van der Waals surface area contributed by atoms with Gasteiger partial charge in [-0.25, -0.2) is 0 Å². The monoisotopic (exact) mass is 493 g/mol. The first kappa shape index (κ1) is 27.0. The Hall–Kier alpha value is -3.61. The van der Waals surface area contributed by atoms with Gasteiger partial charge in [0.15, 0.2) is 12.4 Å². The van der Waals surface area contributed by atoms with Crippen LogP contribution >= 0.6 is 0 Å². The summed E-state index contributed by atoms with van der Waals surface area (Å²) < 4.78 is 16.7. The van der Waals surface area contributed by atoms with Crippen LogP contribution in [0.1, 0.15) is 68.6 Å². The number of ketones is 1. The summed E-state index contributed by atoms with van der Waals surface area (Å²) in [4.78, 5) is 38.3. The summed E-state index contributed by atoms with van der Waals surface area (Å²) in [6.07, 6.45) is 3.32. The molecule has 0 N–H and O–H groups in total. The second-order valence-corrected chi connectivity index (χ2v) is 9.02. The van der Waals surface area contributed by atoms with Crippen LogP contribution in [0.2, 0.25) is 0 Å². The number of ether oxygens (including phenoxy) is 2. The molecule has 7 heteroatoms. The van der Waals surface area contributed by atoms with Crippen molar-refractivity contribution in [2.75, 3.05) is 19.8 Å². The number of hydrogen-bond donors (Lipinski definition) is 0. The van der Waals surface area contributed by atoms with Crippen LogP contribution in [0.3, 0.4) is 0 Å². The smallest absolute Gasteiger partial charge is 0.303 e. The molecule has 3 rings (SSSR count). The molecule has 0 radical (unpaired) electrons. The van der Waals surface area contributed by atoms with Crippen molar-refractivity contribution in [3.8, 4) is 5.75 Å². The normalized spacial score (nSPS) is 11.0. The lowest BCUT2D eigenvalue weighted by molar-refractivity contribution is -0.151. The highest BCUT2D eigenvalue weighted by Crippen LogP contribution is 2.29. The van der Waals surface area contributed by atoms with Gasteiger partial charge in [0.05, 0.1) is 12.2 Å². The Morgan fingerprint density at radius 3 is 2.39 bits per heavy atom. The Balaban J connectivity index is 1.60. The van der Waals surface area contributed by atoms with Gasteiger partial charge < -0.3 is 18.8 Å². The number of unbranched alkanes of at least 4 members (excludes halogenated alkanes) is 1. The van der Waals surface area contributed by atoms with Crippen molar-refractivity contribution in [1.82, 2.24) is 4.90 Å². The fourth-order valence-corrected chi connectivity index (χ4v) is 4.05. The van der Waals surface area contributed by atoms with Gasteiger partial charge >= 0.3 is 5.97 Å². The molecule has 0 aliphatic heterocycles. The number of carbonyl (C=O) groups is 3. The van der Waals surface area contributed by atoms with Crippen LogP contribution < -0.4 is 4.74 Å². The number of aryl methyl sites for hydroxylation is 1. The maximum absolute atomic E-state index is 13.4. The van der Waals surface area contributed by atoms with Gasteiger partial charge in [-0.3, -0.25) is 14.4 Å². The number of carbonyl (C=O) groups excluding carboxylic acids is 3. The summed E-state index contributed by atoms with van der Waals surface area (Å²) in [6, 6.07) is 14.7. The third-order valence-electron chi connectivity index (χ3n) is 5.92. The average molecular weight is 494 g/mol. The van der Waals surface area contributed by atoms with E-state index in [-0.39, 0.29) is 24.3 Å². The van der Waals surface area contributed by atoms with E-state index in [0.717, 1.165) is 36.0 Å². The molecular weight excluding hydrogens is 458 g/mol. The fourth-order valence-electron chi connectivity index (χ4n) is 4.05. The lowest BCUT2D eigenvalue weighted by Gasteiger charge is -2.26. The number of benzene rings is 2. The van der Waals surface area contributed by atoms with Gasteiger partial charge in [0.2, 0.25) is 0 Å². The van der Waals surface area contributed by atoms with Crippen molar-refractivity contribution in [1.29, 1.82) is 0 Å². The third-order valence-corrected chi connectivity index (χ3v) is 5.92. The second kappa shape index (κ2) is 12.9. The van der Waals surface area contributed by atoms with E-state index < -0.39 is 5.97 Å². The van der Waals surface area contributed by atoms with Crippen molar-refractivity contribution in [2.45, 2.75) is 59.4 Å². The topological polar surface area (TPSA) is 86.1 Å². The first-order valence-electron chi connectivity index (χ1n) is 12.5. The predicted octanol–water partition coefficient (Wildman–Crippen LogP) is 5.58. The molecule has 0 saturated carbocycles. The molecule has 3 aromatic rings. The van der Waals surface area contributed by atoms with E-state index in [1.54, 1.807) is 29.2 Å². The summed E-state index contributed by atoms with van der Waals surface area (Å²) >= 11 is 0. The van der Waals surface area contributed by atoms with Gasteiger partial charge in [-0.15, -0.1) is 0 Å². The highest BCUT2D eigenvalue weighted by Gasteiger charge is 2.22. The predicted molar refractivity (Wildman–Crippen MR) is 138 cm³/mol. The summed E-state index contributed by atoms with van der Waals surface area (Å²) in [5.74, 6) is 0.624. The van der Waals surface area contributed by atoms with E-state index in [0.29, 0.717) is 36.4 Å². The molecule has 1 amide bonds. The van der Waals surface area contributed by atoms with Crippen LogP contribution in [0.15, 0.2) is 52.9 Å². The highest BCUT2D eigenvalue weighted by molar-refractivity contribution is 6.16. The average Bonchev–Trinajstić information content (AvgIpc) is 3.24. The first-order valence-corrected chi connectivity index (χ1v) is 12.5. The van der Waals surface area contributed by atoms with Crippen LogP contribution in [0.25, 0.3) is 11.0 Å². The molecule has 0 atom stereocenters. The molecule has 36 heavy (non-hydrogen) atoms. The van der Waals surface area contributed by atoms with Crippen LogP contribution in [0.4, 0.5) is 0 Å². The van der Waals surface area contributed by atoms with Gasteiger partial charge in [-0.1, -0.05) is 31.5 Å². The van der Waals surface area contributed by atoms with Crippen molar-refractivity contribution < 1.29 is 28.3 Å². The largest absolute Gasteiger partial charge is 0.494 e. The Bertz CT molecular complexity index is 1180. The Morgan fingerprint density at radius 2 is 1.72 bits per heavy atom. The van der Waals surface area contributed by atoms with E-state index in [9.17, 15) is 14.4 Å². The molecule has 1 aromatic heterocycles. The minimum atomic E-state index is -0.476. The Kier molecular flexibility index (Phi) is 9.68. The van der Waals surface area contributed by atoms with Crippen molar-refractivity contribution in [3.05, 3.63) is 65.4 Å². The molecule has 0 aliphatic rings. The highest BCUT2D eigenvalue weighted by atomic mass is 16.5. The number of nitrogens with zero attached hydrogens (tertiary/aromatic N) is 1. The van der Waals surface area contributed by atoms with Crippen molar-refractivity contribution >= 4 is 28.6 Å². The Labute approximate surface area is 212 Å².